The Kier molecular flexibility index (Phi) is 3.24. The molecule has 0 bridgehead atoms. The van der Waals surface area contributed by atoms with Gasteiger partial charge in [0.2, 0.25) is 0 Å². The zero-order valence-corrected chi connectivity index (χ0v) is 11.6. The molecule has 2 aromatic rings. The number of aryl methyl sites for hydroxylation is 2. The van der Waals surface area contributed by atoms with Crippen LogP contribution >= 0.6 is 0 Å². The summed E-state index contributed by atoms with van der Waals surface area (Å²) in [6.07, 6.45) is 5.47. The molecule has 3 rings (SSSR count). The number of benzene rings is 1. The summed E-state index contributed by atoms with van der Waals surface area (Å²) < 4.78 is 0. The zero-order chi connectivity index (χ0) is 13.2. The minimum atomic E-state index is 0.352. The molecule has 1 aliphatic carbocycles. The summed E-state index contributed by atoms with van der Waals surface area (Å²) in [5.41, 5.74) is 6.54. The minimum Gasteiger partial charge on any atom is -0.376 e. The summed E-state index contributed by atoms with van der Waals surface area (Å²) in [6.45, 7) is 4.34. The Morgan fingerprint density at radius 2 is 2.05 bits per heavy atom. The smallest absolute Gasteiger partial charge is 0.0688 e. The van der Waals surface area contributed by atoms with Crippen LogP contribution in [0.25, 0.3) is 0 Å². The van der Waals surface area contributed by atoms with Crippen molar-refractivity contribution in [1.82, 2.24) is 4.98 Å². The number of pyridine rings is 1. The highest BCUT2D eigenvalue weighted by molar-refractivity contribution is 5.55. The quantitative estimate of drug-likeness (QED) is 0.867. The van der Waals surface area contributed by atoms with Gasteiger partial charge in [-0.3, -0.25) is 4.98 Å². The third-order valence-electron chi connectivity index (χ3n) is 4.13. The summed E-state index contributed by atoms with van der Waals surface area (Å²) in [5, 5.41) is 3.68. The van der Waals surface area contributed by atoms with E-state index >= 15 is 0 Å². The number of anilines is 1. The Hall–Kier alpha value is -1.83. The maximum atomic E-state index is 4.59. The van der Waals surface area contributed by atoms with Gasteiger partial charge in [0.1, 0.15) is 0 Å². The van der Waals surface area contributed by atoms with Crippen molar-refractivity contribution in [3.8, 4) is 0 Å². The van der Waals surface area contributed by atoms with Crippen molar-refractivity contribution in [3.05, 3.63) is 58.9 Å². The Morgan fingerprint density at radius 1 is 1.16 bits per heavy atom. The lowest BCUT2D eigenvalue weighted by molar-refractivity contribution is 0.583. The predicted molar refractivity (Wildman–Crippen MR) is 79.5 cm³/mol. The van der Waals surface area contributed by atoms with E-state index in [4.69, 9.17) is 0 Å². The monoisotopic (exact) mass is 252 g/mol. The van der Waals surface area contributed by atoms with Crippen LogP contribution in [0.15, 0.2) is 36.5 Å². The van der Waals surface area contributed by atoms with Gasteiger partial charge in [-0.1, -0.05) is 18.2 Å². The van der Waals surface area contributed by atoms with Crippen molar-refractivity contribution >= 4 is 5.69 Å². The average Bonchev–Trinajstić information content (AvgIpc) is 2.44. The van der Waals surface area contributed by atoms with E-state index in [2.05, 4.69) is 48.4 Å². The van der Waals surface area contributed by atoms with Gasteiger partial charge in [0.05, 0.1) is 11.7 Å². The number of hydrogen-bond acceptors (Lipinski definition) is 2. The van der Waals surface area contributed by atoms with Crippen LogP contribution in [-0.2, 0) is 6.42 Å². The second-order valence-electron chi connectivity index (χ2n) is 5.38. The van der Waals surface area contributed by atoms with Crippen molar-refractivity contribution in [1.29, 1.82) is 0 Å². The molecule has 0 radical (unpaired) electrons. The fourth-order valence-corrected chi connectivity index (χ4v) is 2.85. The van der Waals surface area contributed by atoms with E-state index in [-0.39, 0.29) is 0 Å². The highest BCUT2D eigenvalue weighted by Gasteiger charge is 2.21. The van der Waals surface area contributed by atoms with Crippen LogP contribution in [0.2, 0.25) is 0 Å². The van der Waals surface area contributed by atoms with Gasteiger partial charge in [-0.05, 0) is 61.9 Å². The molecule has 1 aliphatic rings. The van der Waals surface area contributed by atoms with E-state index in [1.807, 2.05) is 12.3 Å². The van der Waals surface area contributed by atoms with E-state index in [1.54, 1.807) is 0 Å². The third kappa shape index (κ3) is 2.35. The van der Waals surface area contributed by atoms with Crippen LogP contribution in [0.1, 0.15) is 41.3 Å². The van der Waals surface area contributed by atoms with Crippen molar-refractivity contribution in [2.75, 3.05) is 5.32 Å². The van der Waals surface area contributed by atoms with Gasteiger partial charge in [-0.25, -0.2) is 0 Å². The lowest BCUT2D eigenvalue weighted by Gasteiger charge is -2.27. The molecule has 1 unspecified atom stereocenters. The highest BCUT2D eigenvalue weighted by Crippen LogP contribution is 2.32. The van der Waals surface area contributed by atoms with Crippen molar-refractivity contribution < 1.29 is 0 Å². The van der Waals surface area contributed by atoms with Crippen molar-refractivity contribution in [3.63, 3.8) is 0 Å². The molecule has 98 valence electrons. The lowest BCUT2D eigenvalue weighted by Crippen LogP contribution is -2.19. The summed E-state index contributed by atoms with van der Waals surface area (Å²) >= 11 is 0. The first-order valence-electron chi connectivity index (χ1n) is 7.02. The van der Waals surface area contributed by atoms with E-state index in [0.717, 1.165) is 12.8 Å². The largest absolute Gasteiger partial charge is 0.376 e. The normalized spacial score (nSPS) is 17.9. The minimum absolute atomic E-state index is 0.352. The van der Waals surface area contributed by atoms with Gasteiger partial charge in [-0.15, -0.1) is 0 Å². The molecule has 19 heavy (non-hydrogen) atoms. The Balaban J connectivity index is 1.91. The predicted octanol–water partition coefficient (Wildman–Crippen LogP) is 4.19. The summed E-state index contributed by atoms with van der Waals surface area (Å²) in [7, 11) is 0. The first kappa shape index (κ1) is 12.2. The van der Waals surface area contributed by atoms with Crippen LogP contribution in [0.4, 0.5) is 5.69 Å². The van der Waals surface area contributed by atoms with Crippen LogP contribution in [0, 0.1) is 13.8 Å². The molecule has 0 aliphatic heterocycles. The Labute approximate surface area is 114 Å². The van der Waals surface area contributed by atoms with Crippen LogP contribution in [-0.4, -0.2) is 4.98 Å². The van der Waals surface area contributed by atoms with Gasteiger partial charge in [0, 0.05) is 11.9 Å². The SMILES string of the molecule is Cc1cccc(NC2CCCc3cccnc32)c1C. The van der Waals surface area contributed by atoms with Crippen molar-refractivity contribution in [2.24, 2.45) is 0 Å². The van der Waals surface area contributed by atoms with Gasteiger partial charge in [0.25, 0.3) is 0 Å². The number of nitrogens with one attached hydrogen (secondary N) is 1. The Bertz CT molecular complexity index is 590. The summed E-state index contributed by atoms with van der Waals surface area (Å²) in [5.74, 6) is 0. The molecule has 2 nitrogen and oxygen atoms in total. The van der Waals surface area contributed by atoms with Gasteiger partial charge < -0.3 is 5.32 Å². The molecular formula is C17H20N2. The van der Waals surface area contributed by atoms with E-state index in [1.165, 1.54) is 34.5 Å². The molecule has 0 fully saturated rings. The van der Waals surface area contributed by atoms with Gasteiger partial charge >= 0.3 is 0 Å². The molecule has 1 atom stereocenters. The summed E-state index contributed by atoms with van der Waals surface area (Å²) in [4.78, 5) is 4.59. The summed E-state index contributed by atoms with van der Waals surface area (Å²) in [6, 6.07) is 11.0. The molecule has 0 amide bonds. The second-order valence-corrected chi connectivity index (χ2v) is 5.38. The first-order chi connectivity index (χ1) is 9.25. The fraction of sp³-hybridized carbons (Fsp3) is 0.353. The third-order valence-corrected chi connectivity index (χ3v) is 4.13. The van der Waals surface area contributed by atoms with E-state index in [0.29, 0.717) is 6.04 Å². The molecule has 1 aromatic carbocycles. The molecule has 0 saturated carbocycles. The number of hydrogen-bond donors (Lipinski definition) is 1. The maximum absolute atomic E-state index is 4.59. The molecule has 1 aromatic heterocycles. The molecule has 1 N–H and O–H groups in total. The van der Waals surface area contributed by atoms with Gasteiger partial charge in [-0.2, -0.15) is 0 Å². The lowest BCUT2D eigenvalue weighted by atomic mass is 9.91. The number of fused-ring (bicyclic) bond motifs is 1. The molecule has 0 saturated heterocycles. The molecule has 1 heterocycles. The fourth-order valence-electron chi connectivity index (χ4n) is 2.85. The zero-order valence-electron chi connectivity index (χ0n) is 11.6. The Morgan fingerprint density at radius 3 is 2.95 bits per heavy atom. The molecule has 0 spiro atoms. The van der Waals surface area contributed by atoms with Crippen LogP contribution in [0.5, 0.6) is 0 Å². The first-order valence-corrected chi connectivity index (χ1v) is 7.02. The van der Waals surface area contributed by atoms with E-state index in [9.17, 15) is 0 Å². The second kappa shape index (κ2) is 5.04. The number of rotatable bonds is 2. The maximum Gasteiger partial charge on any atom is 0.0688 e. The number of aromatic nitrogens is 1. The molecule has 2 heteroatoms. The molecular weight excluding hydrogens is 232 g/mol. The van der Waals surface area contributed by atoms with Crippen LogP contribution in [0.3, 0.4) is 0 Å². The van der Waals surface area contributed by atoms with E-state index < -0.39 is 0 Å². The van der Waals surface area contributed by atoms with Gasteiger partial charge in [0.15, 0.2) is 0 Å². The van der Waals surface area contributed by atoms with Crippen LogP contribution < -0.4 is 5.32 Å². The highest BCUT2D eigenvalue weighted by atomic mass is 15.0. The average molecular weight is 252 g/mol. The number of nitrogens with zero attached hydrogens (tertiary/aromatic N) is 1. The topological polar surface area (TPSA) is 24.9 Å². The van der Waals surface area contributed by atoms with Crippen molar-refractivity contribution in [2.45, 2.75) is 39.2 Å². The standard InChI is InChI=1S/C17H20N2/c1-12-6-3-9-15(13(12)2)19-16-10-4-7-14-8-5-11-18-17(14)16/h3,5-6,8-9,11,16,19H,4,7,10H2,1-2H3.